The van der Waals surface area contributed by atoms with Crippen LogP contribution in [0.4, 0.5) is 0 Å². The number of nitrogens with one attached hydrogen (secondary N) is 1. The van der Waals surface area contributed by atoms with Gasteiger partial charge in [-0.05, 0) is 25.6 Å². The Hall–Kier alpha value is -1.88. The minimum absolute atomic E-state index is 0.124. The maximum Gasteiger partial charge on any atom is 0.261 e. The van der Waals surface area contributed by atoms with Crippen molar-refractivity contribution in [3.05, 3.63) is 62.9 Å². The Balaban J connectivity index is 2.29. The molecule has 0 saturated heterocycles. The zero-order valence-electron chi connectivity index (χ0n) is 14.1. The standard InChI is InChI=1S/C19H19Cl2N3O/c1-3-22-12(2)11-24-18(13-7-5-4-6-8-13)23-17-15(19(24)25)9-14(20)10-16(17)21/h4-10,12,22H,3,11H2,1-2H3. The molecular formula is C19H19Cl2N3O. The van der Waals surface area contributed by atoms with E-state index in [0.29, 0.717) is 33.3 Å². The van der Waals surface area contributed by atoms with E-state index in [9.17, 15) is 4.79 Å². The molecule has 4 nitrogen and oxygen atoms in total. The van der Waals surface area contributed by atoms with Crippen LogP contribution >= 0.6 is 23.2 Å². The number of likely N-dealkylation sites (N-methyl/N-ethyl adjacent to an activating group) is 1. The van der Waals surface area contributed by atoms with Gasteiger partial charge in [0, 0.05) is 23.2 Å². The van der Waals surface area contributed by atoms with Gasteiger partial charge >= 0.3 is 0 Å². The summed E-state index contributed by atoms with van der Waals surface area (Å²) in [5.74, 6) is 0.604. The lowest BCUT2D eigenvalue weighted by Gasteiger charge is -2.18. The molecule has 1 atom stereocenters. The molecule has 3 rings (SSSR count). The van der Waals surface area contributed by atoms with Crippen molar-refractivity contribution in [1.29, 1.82) is 0 Å². The molecule has 6 heteroatoms. The molecule has 3 aromatic rings. The number of nitrogens with zero attached hydrogens (tertiary/aromatic N) is 2. The molecule has 130 valence electrons. The number of benzene rings is 2. The molecule has 0 radical (unpaired) electrons. The minimum atomic E-state index is -0.141. The van der Waals surface area contributed by atoms with E-state index in [-0.39, 0.29) is 11.6 Å². The molecule has 1 unspecified atom stereocenters. The average molecular weight is 376 g/mol. The van der Waals surface area contributed by atoms with Crippen molar-refractivity contribution in [3.8, 4) is 11.4 Å². The second-order valence-electron chi connectivity index (χ2n) is 5.96. The van der Waals surface area contributed by atoms with E-state index in [1.165, 1.54) is 0 Å². The van der Waals surface area contributed by atoms with E-state index in [1.54, 1.807) is 16.7 Å². The van der Waals surface area contributed by atoms with Gasteiger partial charge in [-0.25, -0.2) is 4.98 Å². The van der Waals surface area contributed by atoms with Crippen molar-refractivity contribution < 1.29 is 0 Å². The Morgan fingerprint density at radius 1 is 1.20 bits per heavy atom. The molecule has 25 heavy (non-hydrogen) atoms. The fraction of sp³-hybridized carbons (Fsp3) is 0.263. The van der Waals surface area contributed by atoms with E-state index in [2.05, 4.69) is 5.32 Å². The third kappa shape index (κ3) is 3.71. The molecule has 1 heterocycles. The molecule has 0 aliphatic carbocycles. The van der Waals surface area contributed by atoms with Crippen LogP contribution < -0.4 is 10.9 Å². The van der Waals surface area contributed by atoms with Gasteiger partial charge in [0.15, 0.2) is 0 Å². The summed E-state index contributed by atoms with van der Waals surface area (Å²) in [5, 5.41) is 4.57. The number of rotatable bonds is 5. The van der Waals surface area contributed by atoms with Crippen molar-refractivity contribution in [1.82, 2.24) is 14.9 Å². The highest BCUT2D eigenvalue weighted by Gasteiger charge is 2.17. The molecule has 0 bridgehead atoms. The van der Waals surface area contributed by atoms with Crippen LogP contribution in [0.15, 0.2) is 47.3 Å². The van der Waals surface area contributed by atoms with Crippen LogP contribution in [0.1, 0.15) is 13.8 Å². The third-order valence-electron chi connectivity index (χ3n) is 4.02. The predicted octanol–water partition coefficient (Wildman–Crippen LogP) is 4.37. The summed E-state index contributed by atoms with van der Waals surface area (Å²) in [4.78, 5) is 17.8. The first-order chi connectivity index (χ1) is 12.0. The quantitative estimate of drug-likeness (QED) is 0.720. The number of fused-ring (bicyclic) bond motifs is 1. The summed E-state index contributed by atoms with van der Waals surface area (Å²) in [7, 11) is 0. The molecular weight excluding hydrogens is 357 g/mol. The van der Waals surface area contributed by atoms with Crippen LogP contribution in [0.5, 0.6) is 0 Å². The van der Waals surface area contributed by atoms with E-state index in [1.807, 2.05) is 44.2 Å². The van der Waals surface area contributed by atoms with E-state index < -0.39 is 0 Å². The maximum absolute atomic E-state index is 13.1. The monoisotopic (exact) mass is 375 g/mol. The van der Waals surface area contributed by atoms with E-state index >= 15 is 0 Å². The Labute approximate surface area is 156 Å². The second-order valence-corrected chi connectivity index (χ2v) is 6.80. The number of aromatic nitrogens is 2. The summed E-state index contributed by atoms with van der Waals surface area (Å²) >= 11 is 12.4. The first-order valence-corrected chi connectivity index (χ1v) is 8.95. The van der Waals surface area contributed by atoms with Crippen molar-refractivity contribution in [2.75, 3.05) is 6.54 Å². The lowest BCUT2D eigenvalue weighted by Crippen LogP contribution is -2.35. The van der Waals surface area contributed by atoms with Gasteiger partial charge in [-0.15, -0.1) is 0 Å². The highest BCUT2D eigenvalue weighted by molar-refractivity contribution is 6.38. The normalized spacial score (nSPS) is 12.5. The predicted molar refractivity (Wildman–Crippen MR) is 105 cm³/mol. The second kappa shape index (κ2) is 7.56. The molecule has 0 spiro atoms. The van der Waals surface area contributed by atoms with Gasteiger partial charge in [-0.3, -0.25) is 9.36 Å². The first-order valence-electron chi connectivity index (χ1n) is 8.19. The minimum Gasteiger partial charge on any atom is -0.313 e. The Bertz CT molecular complexity index is 954. The maximum atomic E-state index is 13.1. The van der Waals surface area contributed by atoms with E-state index in [4.69, 9.17) is 28.2 Å². The fourth-order valence-electron chi connectivity index (χ4n) is 2.91. The zero-order valence-corrected chi connectivity index (χ0v) is 15.6. The van der Waals surface area contributed by atoms with Crippen LogP contribution in [0.2, 0.25) is 10.0 Å². The third-order valence-corrected chi connectivity index (χ3v) is 4.52. The molecule has 0 amide bonds. The van der Waals surface area contributed by atoms with Gasteiger partial charge in [0.05, 0.1) is 15.9 Å². The summed E-state index contributed by atoms with van der Waals surface area (Å²) < 4.78 is 1.69. The fourth-order valence-corrected chi connectivity index (χ4v) is 3.45. The summed E-state index contributed by atoms with van der Waals surface area (Å²) in [6, 6.07) is 13.0. The van der Waals surface area contributed by atoms with E-state index in [0.717, 1.165) is 12.1 Å². The smallest absolute Gasteiger partial charge is 0.261 e. The molecule has 0 saturated carbocycles. The van der Waals surface area contributed by atoms with Gasteiger partial charge < -0.3 is 5.32 Å². The van der Waals surface area contributed by atoms with Crippen molar-refractivity contribution in [2.45, 2.75) is 26.4 Å². The average Bonchev–Trinajstić information content (AvgIpc) is 2.59. The Morgan fingerprint density at radius 2 is 1.92 bits per heavy atom. The van der Waals surface area contributed by atoms with Gasteiger partial charge in [0.25, 0.3) is 5.56 Å². The summed E-state index contributed by atoms with van der Waals surface area (Å²) in [6.45, 7) is 5.41. The van der Waals surface area contributed by atoms with Crippen LogP contribution in [0.25, 0.3) is 22.3 Å². The largest absolute Gasteiger partial charge is 0.313 e. The Kier molecular flexibility index (Phi) is 5.42. The zero-order chi connectivity index (χ0) is 18.0. The van der Waals surface area contributed by atoms with Gasteiger partial charge in [-0.2, -0.15) is 0 Å². The molecule has 0 aliphatic rings. The van der Waals surface area contributed by atoms with Gasteiger partial charge in [0.2, 0.25) is 0 Å². The molecule has 2 aromatic carbocycles. The topological polar surface area (TPSA) is 46.9 Å². The van der Waals surface area contributed by atoms with Crippen LogP contribution in [0, 0.1) is 0 Å². The highest BCUT2D eigenvalue weighted by Crippen LogP contribution is 2.27. The van der Waals surface area contributed by atoms with Crippen molar-refractivity contribution >= 4 is 34.1 Å². The Morgan fingerprint density at radius 3 is 2.60 bits per heavy atom. The van der Waals surface area contributed by atoms with Crippen LogP contribution in [-0.2, 0) is 6.54 Å². The van der Waals surface area contributed by atoms with Crippen LogP contribution in [0.3, 0.4) is 0 Å². The number of halogens is 2. The number of hydrogen-bond acceptors (Lipinski definition) is 3. The SMILES string of the molecule is CCNC(C)Cn1c(-c2ccccc2)nc2c(Cl)cc(Cl)cc2c1=O. The van der Waals surface area contributed by atoms with Gasteiger partial charge in [0.1, 0.15) is 5.82 Å². The van der Waals surface area contributed by atoms with Crippen molar-refractivity contribution in [2.24, 2.45) is 0 Å². The summed E-state index contributed by atoms with van der Waals surface area (Å²) in [5.41, 5.74) is 1.21. The van der Waals surface area contributed by atoms with Gasteiger partial charge in [-0.1, -0.05) is 60.5 Å². The molecule has 0 fully saturated rings. The first kappa shape index (κ1) is 17.9. The number of hydrogen-bond donors (Lipinski definition) is 1. The summed E-state index contributed by atoms with van der Waals surface area (Å²) in [6.07, 6.45) is 0. The van der Waals surface area contributed by atoms with Crippen molar-refractivity contribution in [3.63, 3.8) is 0 Å². The lowest BCUT2D eigenvalue weighted by atomic mass is 10.1. The van der Waals surface area contributed by atoms with Crippen LogP contribution in [-0.4, -0.2) is 22.1 Å². The highest BCUT2D eigenvalue weighted by atomic mass is 35.5. The molecule has 0 aliphatic heterocycles. The molecule has 1 aromatic heterocycles. The lowest BCUT2D eigenvalue weighted by molar-refractivity contribution is 0.483. The molecule has 1 N–H and O–H groups in total.